The van der Waals surface area contributed by atoms with Crippen LogP contribution in [0.5, 0.6) is 0 Å². The minimum Gasteiger partial charge on any atom is -0.388 e. The summed E-state index contributed by atoms with van der Waals surface area (Å²) in [5.41, 5.74) is -0.621. The molecule has 8 heteroatoms. The van der Waals surface area contributed by atoms with E-state index in [1.807, 2.05) is 0 Å². The molecule has 1 amide bonds. The van der Waals surface area contributed by atoms with Crippen LogP contribution in [0, 0.1) is 10.1 Å². The van der Waals surface area contributed by atoms with Gasteiger partial charge in [0, 0.05) is 19.2 Å². The fraction of sp³-hybridized carbons (Fsp3) is 0.364. The Labute approximate surface area is 113 Å². The standard InChI is InChI=1S/C11H11ClN2O5/c12-6-2-1-3-7(14(18)19)10(6)11(17)13-4-8(15)9(16)5-13/h1-3,8-9,15-16H,4-5H2/t8-,9+. The quantitative estimate of drug-likeness (QED) is 0.606. The number of benzene rings is 1. The fourth-order valence-electron chi connectivity index (χ4n) is 1.97. The number of halogens is 1. The Morgan fingerprint density at radius 1 is 1.37 bits per heavy atom. The first-order valence-electron chi connectivity index (χ1n) is 5.50. The summed E-state index contributed by atoms with van der Waals surface area (Å²) in [4.78, 5) is 23.5. The molecule has 0 spiro atoms. The number of nitro groups is 1. The van der Waals surface area contributed by atoms with Gasteiger partial charge in [0.15, 0.2) is 0 Å². The highest BCUT2D eigenvalue weighted by Crippen LogP contribution is 2.28. The molecule has 2 atom stereocenters. The lowest BCUT2D eigenvalue weighted by molar-refractivity contribution is -0.385. The van der Waals surface area contributed by atoms with Crippen molar-refractivity contribution in [3.8, 4) is 0 Å². The molecule has 0 aromatic heterocycles. The number of carbonyl (C=O) groups excluding carboxylic acids is 1. The van der Waals surface area contributed by atoms with Gasteiger partial charge in [-0.05, 0) is 6.07 Å². The number of nitro benzene ring substituents is 1. The van der Waals surface area contributed by atoms with Crippen molar-refractivity contribution in [2.45, 2.75) is 12.2 Å². The third-order valence-electron chi connectivity index (χ3n) is 2.95. The summed E-state index contributed by atoms with van der Waals surface area (Å²) in [5, 5.41) is 29.7. The van der Waals surface area contributed by atoms with Gasteiger partial charge in [0.05, 0.1) is 22.2 Å². The molecule has 19 heavy (non-hydrogen) atoms. The van der Waals surface area contributed by atoms with Gasteiger partial charge in [-0.25, -0.2) is 0 Å². The van der Waals surface area contributed by atoms with Crippen LogP contribution in [0.4, 0.5) is 5.69 Å². The van der Waals surface area contributed by atoms with Crippen molar-refractivity contribution in [2.75, 3.05) is 13.1 Å². The Bertz CT molecular complexity index is 526. The van der Waals surface area contributed by atoms with E-state index in [1.165, 1.54) is 18.2 Å². The second-order valence-corrected chi connectivity index (χ2v) is 4.64. The van der Waals surface area contributed by atoms with E-state index in [4.69, 9.17) is 11.6 Å². The summed E-state index contributed by atoms with van der Waals surface area (Å²) >= 11 is 5.84. The van der Waals surface area contributed by atoms with E-state index in [0.717, 1.165) is 4.90 Å². The van der Waals surface area contributed by atoms with Crippen LogP contribution in [-0.2, 0) is 0 Å². The number of hydrogen-bond donors (Lipinski definition) is 2. The number of nitrogens with zero attached hydrogens (tertiary/aromatic N) is 2. The lowest BCUT2D eigenvalue weighted by Crippen LogP contribution is -2.30. The zero-order valence-corrected chi connectivity index (χ0v) is 10.4. The third kappa shape index (κ3) is 2.53. The third-order valence-corrected chi connectivity index (χ3v) is 3.26. The first-order valence-corrected chi connectivity index (χ1v) is 5.88. The molecule has 1 fully saturated rings. The average molecular weight is 287 g/mol. The van der Waals surface area contributed by atoms with E-state index >= 15 is 0 Å². The molecular formula is C11H11ClN2O5. The number of hydrogen-bond acceptors (Lipinski definition) is 5. The van der Waals surface area contributed by atoms with E-state index < -0.39 is 28.7 Å². The highest BCUT2D eigenvalue weighted by Gasteiger charge is 2.36. The van der Waals surface area contributed by atoms with Crippen LogP contribution in [0.1, 0.15) is 10.4 Å². The number of amides is 1. The molecule has 0 saturated carbocycles. The molecule has 1 aromatic rings. The first-order chi connectivity index (χ1) is 8.91. The summed E-state index contributed by atoms with van der Waals surface area (Å²) in [5.74, 6) is -0.673. The number of likely N-dealkylation sites (tertiary alicyclic amines) is 1. The van der Waals surface area contributed by atoms with Crippen molar-refractivity contribution < 1.29 is 19.9 Å². The number of aliphatic hydroxyl groups is 2. The zero-order chi connectivity index (χ0) is 14.2. The molecule has 1 saturated heterocycles. The minimum absolute atomic E-state index is 0.0323. The van der Waals surface area contributed by atoms with Crippen LogP contribution in [0.25, 0.3) is 0 Å². The second kappa shape index (κ2) is 5.12. The van der Waals surface area contributed by atoms with E-state index in [-0.39, 0.29) is 23.7 Å². The Hall–Kier alpha value is -1.70. The minimum atomic E-state index is -1.05. The molecule has 0 bridgehead atoms. The predicted molar refractivity (Wildman–Crippen MR) is 66.0 cm³/mol. The number of carbonyl (C=O) groups is 1. The predicted octanol–water partition coefficient (Wildman–Crippen LogP) is 0.426. The normalized spacial score (nSPS) is 22.6. The van der Waals surface area contributed by atoms with E-state index in [2.05, 4.69) is 0 Å². The van der Waals surface area contributed by atoms with Crippen LogP contribution in [0.15, 0.2) is 18.2 Å². The Morgan fingerprint density at radius 3 is 2.47 bits per heavy atom. The average Bonchev–Trinajstić information content (AvgIpc) is 2.68. The maximum Gasteiger partial charge on any atom is 0.283 e. The first kappa shape index (κ1) is 13.7. The van der Waals surface area contributed by atoms with Gasteiger partial charge in [-0.3, -0.25) is 14.9 Å². The molecular weight excluding hydrogens is 276 g/mol. The van der Waals surface area contributed by atoms with Crippen molar-refractivity contribution in [1.29, 1.82) is 0 Å². The maximum absolute atomic E-state index is 12.2. The summed E-state index contributed by atoms with van der Waals surface area (Å²) in [6, 6.07) is 3.94. The van der Waals surface area contributed by atoms with Gasteiger partial charge in [-0.15, -0.1) is 0 Å². The van der Waals surface area contributed by atoms with Gasteiger partial charge < -0.3 is 15.1 Å². The van der Waals surface area contributed by atoms with Gasteiger partial charge in [0.1, 0.15) is 5.56 Å². The van der Waals surface area contributed by atoms with Gasteiger partial charge in [-0.1, -0.05) is 17.7 Å². The molecule has 7 nitrogen and oxygen atoms in total. The second-order valence-electron chi connectivity index (χ2n) is 4.24. The fourth-order valence-corrected chi connectivity index (χ4v) is 2.22. The largest absolute Gasteiger partial charge is 0.388 e. The molecule has 1 aliphatic rings. The number of rotatable bonds is 2. The summed E-state index contributed by atoms with van der Waals surface area (Å²) in [6.45, 7) is -0.162. The number of aliphatic hydroxyl groups excluding tert-OH is 2. The highest BCUT2D eigenvalue weighted by molar-refractivity contribution is 6.34. The van der Waals surface area contributed by atoms with Crippen molar-refractivity contribution in [2.24, 2.45) is 0 Å². The summed E-state index contributed by atoms with van der Waals surface area (Å²) in [6.07, 6.45) is -2.10. The molecule has 1 aliphatic heterocycles. The molecule has 1 aromatic carbocycles. The SMILES string of the molecule is O=C(c1c(Cl)cccc1[N+](=O)[O-])N1C[C@@H](O)[C@@H](O)C1. The van der Waals surface area contributed by atoms with E-state index in [0.29, 0.717) is 0 Å². The van der Waals surface area contributed by atoms with Crippen molar-refractivity contribution >= 4 is 23.2 Å². The lowest BCUT2D eigenvalue weighted by atomic mass is 10.1. The zero-order valence-electron chi connectivity index (χ0n) is 9.69. The summed E-state index contributed by atoms with van der Waals surface area (Å²) in [7, 11) is 0. The van der Waals surface area contributed by atoms with Crippen LogP contribution in [0.2, 0.25) is 5.02 Å². The van der Waals surface area contributed by atoms with Crippen molar-refractivity contribution in [3.63, 3.8) is 0 Å². The van der Waals surface area contributed by atoms with E-state index in [9.17, 15) is 25.1 Å². The lowest BCUT2D eigenvalue weighted by Gasteiger charge is -2.16. The number of β-amino-alcohol motifs (C(OH)–C–C–N with tert-alkyl or cyclic N) is 2. The molecule has 0 aliphatic carbocycles. The van der Waals surface area contributed by atoms with E-state index in [1.54, 1.807) is 0 Å². The topological polar surface area (TPSA) is 104 Å². The van der Waals surface area contributed by atoms with Crippen LogP contribution < -0.4 is 0 Å². The smallest absolute Gasteiger partial charge is 0.283 e. The van der Waals surface area contributed by atoms with Crippen LogP contribution in [0.3, 0.4) is 0 Å². The van der Waals surface area contributed by atoms with Crippen molar-refractivity contribution in [3.05, 3.63) is 38.9 Å². The van der Waals surface area contributed by atoms with Crippen LogP contribution in [-0.4, -0.2) is 51.2 Å². The molecule has 2 N–H and O–H groups in total. The summed E-state index contributed by atoms with van der Waals surface area (Å²) < 4.78 is 0. The Morgan fingerprint density at radius 2 is 1.95 bits per heavy atom. The maximum atomic E-state index is 12.2. The Kier molecular flexibility index (Phi) is 3.70. The monoisotopic (exact) mass is 286 g/mol. The molecule has 1 heterocycles. The van der Waals surface area contributed by atoms with Gasteiger partial charge >= 0.3 is 0 Å². The molecule has 0 unspecified atom stereocenters. The van der Waals surface area contributed by atoms with Crippen molar-refractivity contribution in [1.82, 2.24) is 4.90 Å². The van der Waals surface area contributed by atoms with Gasteiger partial charge in [-0.2, -0.15) is 0 Å². The van der Waals surface area contributed by atoms with Gasteiger partial charge in [0.25, 0.3) is 11.6 Å². The highest BCUT2D eigenvalue weighted by atomic mass is 35.5. The molecule has 0 radical (unpaired) electrons. The van der Waals surface area contributed by atoms with Gasteiger partial charge in [0.2, 0.25) is 0 Å². The van der Waals surface area contributed by atoms with Crippen LogP contribution >= 0.6 is 11.6 Å². The molecule has 102 valence electrons. The Balaban J connectivity index is 2.37. The molecule has 2 rings (SSSR count).